The fraction of sp³-hybridized carbons (Fsp3) is 0.462. The Morgan fingerprint density at radius 1 is 1.16 bits per heavy atom. The van der Waals surface area contributed by atoms with Crippen LogP contribution in [-0.4, -0.2) is 58.1 Å². The number of thiazole rings is 1. The van der Waals surface area contributed by atoms with Gasteiger partial charge in [-0.1, -0.05) is 28.6 Å². The van der Waals surface area contributed by atoms with E-state index in [0.717, 1.165) is 24.3 Å². The molecule has 1 aromatic carbocycles. The average Bonchev–Trinajstić information content (AvgIpc) is 3.43. The van der Waals surface area contributed by atoms with Crippen LogP contribution < -0.4 is 16.0 Å². The van der Waals surface area contributed by atoms with Gasteiger partial charge in [0.15, 0.2) is 5.13 Å². The van der Waals surface area contributed by atoms with Gasteiger partial charge >= 0.3 is 5.97 Å². The summed E-state index contributed by atoms with van der Waals surface area (Å²) in [5, 5.41) is 13.0. The van der Waals surface area contributed by atoms with E-state index in [2.05, 4.69) is 31.1 Å². The molecule has 0 spiro atoms. The van der Waals surface area contributed by atoms with Crippen molar-refractivity contribution < 1.29 is 23.6 Å². The largest absolute Gasteiger partial charge is 0.456 e. The maximum Gasteiger partial charge on any atom is 0.350 e. The molecule has 2 amide bonds. The zero-order valence-corrected chi connectivity index (χ0v) is 23.3. The smallest absolute Gasteiger partial charge is 0.350 e. The number of carbonyl (C=O) groups is 3. The van der Waals surface area contributed by atoms with E-state index < -0.39 is 17.6 Å². The van der Waals surface area contributed by atoms with Gasteiger partial charge in [0.2, 0.25) is 17.6 Å². The lowest BCUT2D eigenvalue weighted by Gasteiger charge is -2.19. The van der Waals surface area contributed by atoms with Crippen molar-refractivity contribution in [3.8, 4) is 11.4 Å². The third-order valence-electron chi connectivity index (χ3n) is 5.28. The number of hydrogen-bond donors (Lipinski definition) is 3. The minimum absolute atomic E-state index is 0.0412. The van der Waals surface area contributed by atoms with Gasteiger partial charge in [-0.15, -0.1) is 0 Å². The molecule has 12 heteroatoms. The van der Waals surface area contributed by atoms with Crippen LogP contribution in [0.15, 0.2) is 28.8 Å². The molecule has 0 saturated carbocycles. The zero-order valence-electron chi connectivity index (χ0n) is 22.5. The maximum absolute atomic E-state index is 13.1. The van der Waals surface area contributed by atoms with E-state index in [4.69, 9.17) is 9.26 Å². The third-order valence-corrected chi connectivity index (χ3v) is 6.34. The number of esters is 1. The summed E-state index contributed by atoms with van der Waals surface area (Å²) in [5.41, 5.74) is 0.912. The summed E-state index contributed by atoms with van der Waals surface area (Å²) in [4.78, 5) is 47.2. The molecule has 204 valence electrons. The van der Waals surface area contributed by atoms with Crippen LogP contribution >= 0.6 is 11.3 Å². The van der Waals surface area contributed by atoms with Crippen LogP contribution in [0.1, 0.15) is 71.6 Å². The number of amides is 2. The van der Waals surface area contributed by atoms with Gasteiger partial charge in [-0.3, -0.25) is 9.59 Å². The first-order valence-corrected chi connectivity index (χ1v) is 13.1. The Bertz CT molecular complexity index is 1280. The van der Waals surface area contributed by atoms with Crippen LogP contribution in [0, 0.1) is 13.8 Å². The lowest BCUT2D eigenvalue weighted by atomic mass is 10.1. The van der Waals surface area contributed by atoms with Crippen molar-refractivity contribution in [3.05, 3.63) is 46.3 Å². The minimum atomic E-state index is -0.639. The predicted molar refractivity (Wildman–Crippen MR) is 144 cm³/mol. The van der Waals surface area contributed by atoms with E-state index in [1.807, 2.05) is 7.05 Å². The Morgan fingerprint density at radius 3 is 2.58 bits per heavy atom. The van der Waals surface area contributed by atoms with Crippen molar-refractivity contribution in [2.45, 2.75) is 65.5 Å². The second-order valence-corrected chi connectivity index (χ2v) is 10.8. The first-order valence-electron chi connectivity index (χ1n) is 12.3. The summed E-state index contributed by atoms with van der Waals surface area (Å²) in [7, 11) is 1.85. The van der Waals surface area contributed by atoms with Crippen molar-refractivity contribution in [2.24, 2.45) is 0 Å². The van der Waals surface area contributed by atoms with Crippen LogP contribution in [0.25, 0.3) is 11.4 Å². The number of carbonyl (C=O) groups excluding carboxylic acids is 3. The molecule has 0 radical (unpaired) electrons. The Kier molecular flexibility index (Phi) is 9.70. The first-order chi connectivity index (χ1) is 17.9. The van der Waals surface area contributed by atoms with E-state index >= 15 is 0 Å². The van der Waals surface area contributed by atoms with Gasteiger partial charge in [0.25, 0.3) is 5.91 Å². The monoisotopic (exact) mass is 542 g/mol. The molecular formula is C26H34N6O5S. The number of anilines is 1. The molecule has 0 fully saturated rings. The maximum atomic E-state index is 13.1. The van der Waals surface area contributed by atoms with Gasteiger partial charge in [-0.05, 0) is 66.3 Å². The first kappa shape index (κ1) is 28.9. The van der Waals surface area contributed by atoms with Crippen LogP contribution in [0.4, 0.5) is 5.13 Å². The summed E-state index contributed by atoms with van der Waals surface area (Å²) in [5.74, 6) is -0.291. The number of nitrogens with zero attached hydrogens (tertiary/aromatic N) is 3. The van der Waals surface area contributed by atoms with Gasteiger partial charge in [-0.25, -0.2) is 9.78 Å². The molecular weight excluding hydrogens is 508 g/mol. The molecule has 3 rings (SSSR count). The molecule has 0 aliphatic rings. The van der Waals surface area contributed by atoms with Gasteiger partial charge in [0.05, 0.1) is 5.69 Å². The molecule has 38 heavy (non-hydrogen) atoms. The molecule has 3 aromatic rings. The van der Waals surface area contributed by atoms with Gasteiger partial charge in [0.1, 0.15) is 10.5 Å². The number of aryl methyl sites for hydroxylation is 2. The Hall–Kier alpha value is -3.64. The quantitative estimate of drug-likeness (QED) is 0.242. The molecule has 11 nitrogen and oxygen atoms in total. The second kappa shape index (κ2) is 12.7. The molecule has 0 aliphatic heterocycles. The SMILES string of the molecule is CNCCC[C@@H](CC(=O)Nc1nc(C)c(C(=O)OC(C)(C)C)s1)NC(=O)c1cccc(-c2noc(C)n2)c1. The van der Waals surface area contributed by atoms with Crippen molar-refractivity contribution in [1.82, 2.24) is 25.8 Å². The zero-order chi connectivity index (χ0) is 27.9. The highest BCUT2D eigenvalue weighted by atomic mass is 32.1. The average molecular weight is 543 g/mol. The lowest BCUT2D eigenvalue weighted by molar-refractivity contribution is -0.116. The minimum Gasteiger partial charge on any atom is -0.456 e. The van der Waals surface area contributed by atoms with Crippen LogP contribution in [-0.2, 0) is 9.53 Å². The fourth-order valence-corrected chi connectivity index (χ4v) is 4.45. The molecule has 2 aromatic heterocycles. The molecule has 2 heterocycles. The van der Waals surface area contributed by atoms with Crippen molar-refractivity contribution in [2.75, 3.05) is 18.9 Å². The number of aromatic nitrogens is 3. The van der Waals surface area contributed by atoms with Crippen molar-refractivity contribution in [3.63, 3.8) is 0 Å². The highest BCUT2D eigenvalue weighted by molar-refractivity contribution is 7.17. The predicted octanol–water partition coefficient (Wildman–Crippen LogP) is 3.89. The topological polar surface area (TPSA) is 148 Å². The van der Waals surface area contributed by atoms with E-state index in [1.54, 1.807) is 58.9 Å². The van der Waals surface area contributed by atoms with E-state index in [1.165, 1.54) is 0 Å². The molecule has 0 unspecified atom stereocenters. The summed E-state index contributed by atoms with van der Waals surface area (Å²) in [6, 6.07) is 6.48. The summed E-state index contributed by atoms with van der Waals surface area (Å²) in [6.45, 7) is 9.49. The van der Waals surface area contributed by atoms with E-state index in [-0.39, 0.29) is 18.2 Å². The number of hydrogen-bond acceptors (Lipinski definition) is 10. The number of rotatable bonds is 11. The Morgan fingerprint density at radius 2 is 1.92 bits per heavy atom. The number of benzene rings is 1. The highest BCUT2D eigenvalue weighted by Crippen LogP contribution is 2.25. The van der Waals surface area contributed by atoms with Gasteiger partial charge in [-0.2, -0.15) is 4.98 Å². The summed E-state index contributed by atoms with van der Waals surface area (Å²) in [6.07, 6.45) is 1.39. The Balaban J connectivity index is 1.67. The van der Waals surface area contributed by atoms with Crippen LogP contribution in [0.5, 0.6) is 0 Å². The number of nitrogens with one attached hydrogen (secondary N) is 3. The fourth-order valence-electron chi connectivity index (χ4n) is 3.59. The lowest BCUT2D eigenvalue weighted by Crippen LogP contribution is -2.38. The number of ether oxygens (including phenoxy) is 1. The summed E-state index contributed by atoms with van der Waals surface area (Å²) < 4.78 is 10.5. The van der Waals surface area contributed by atoms with Crippen LogP contribution in [0.2, 0.25) is 0 Å². The van der Waals surface area contributed by atoms with Gasteiger partial charge < -0.3 is 25.2 Å². The summed E-state index contributed by atoms with van der Waals surface area (Å²) >= 11 is 1.06. The normalized spacial score (nSPS) is 12.2. The highest BCUT2D eigenvalue weighted by Gasteiger charge is 2.24. The van der Waals surface area contributed by atoms with E-state index in [9.17, 15) is 14.4 Å². The molecule has 3 N–H and O–H groups in total. The molecule has 1 atom stereocenters. The standard InChI is InChI=1S/C26H34N6O5S/c1-15-21(24(35)36-26(3,4)5)38-25(28-15)31-20(33)14-19(11-8-12-27-6)30-23(34)18-10-7-9-17(13-18)22-29-16(2)37-32-22/h7,9-10,13,19,27H,8,11-12,14H2,1-6H3,(H,30,34)(H,28,31,33)/t19-/m0/s1. The molecule has 0 bridgehead atoms. The molecule has 0 aliphatic carbocycles. The third kappa shape index (κ3) is 8.45. The van der Waals surface area contributed by atoms with Crippen molar-refractivity contribution >= 4 is 34.3 Å². The van der Waals surface area contributed by atoms with Gasteiger partial charge in [0, 0.05) is 30.5 Å². The van der Waals surface area contributed by atoms with Crippen LogP contribution in [0.3, 0.4) is 0 Å². The van der Waals surface area contributed by atoms with E-state index in [0.29, 0.717) is 45.0 Å². The Labute approximate surface area is 225 Å². The molecule has 0 saturated heterocycles. The second-order valence-electron chi connectivity index (χ2n) is 9.82. The van der Waals surface area contributed by atoms with Crippen molar-refractivity contribution in [1.29, 1.82) is 0 Å².